The number of rotatable bonds is 2. The number of ether oxygens (including phenoxy) is 1. The van der Waals surface area contributed by atoms with Crippen LogP contribution in [0.25, 0.3) is 0 Å². The quantitative estimate of drug-likeness (QED) is 0.808. The van der Waals surface area contributed by atoms with Crippen molar-refractivity contribution < 1.29 is 9.84 Å². The third kappa shape index (κ3) is 2.86. The minimum atomic E-state index is -0.126. The SMILES string of the molecule is COc1cc(C)c(C2CCCCC(O)C2)cc1C. The Morgan fingerprint density at radius 2 is 1.83 bits per heavy atom. The maximum atomic E-state index is 9.96. The molecule has 0 heterocycles. The molecule has 1 aromatic carbocycles. The third-order valence-corrected chi connectivity index (χ3v) is 4.12. The molecule has 0 aliphatic heterocycles. The van der Waals surface area contributed by atoms with Crippen molar-refractivity contribution in [3.63, 3.8) is 0 Å². The van der Waals surface area contributed by atoms with Crippen LogP contribution in [0.1, 0.15) is 54.7 Å². The van der Waals surface area contributed by atoms with Gasteiger partial charge in [-0.2, -0.15) is 0 Å². The molecule has 0 aromatic heterocycles. The van der Waals surface area contributed by atoms with Crippen molar-refractivity contribution in [2.75, 3.05) is 7.11 Å². The molecule has 2 heteroatoms. The molecule has 100 valence electrons. The molecule has 1 aliphatic carbocycles. The van der Waals surface area contributed by atoms with Gasteiger partial charge in [-0.1, -0.05) is 18.9 Å². The van der Waals surface area contributed by atoms with E-state index >= 15 is 0 Å². The number of aliphatic hydroxyl groups is 1. The van der Waals surface area contributed by atoms with Crippen molar-refractivity contribution in [1.29, 1.82) is 0 Å². The monoisotopic (exact) mass is 248 g/mol. The van der Waals surface area contributed by atoms with Crippen molar-refractivity contribution in [1.82, 2.24) is 0 Å². The van der Waals surface area contributed by atoms with Gasteiger partial charge < -0.3 is 9.84 Å². The molecular formula is C16H24O2. The van der Waals surface area contributed by atoms with E-state index in [0.29, 0.717) is 5.92 Å². The molecule has 1 N–H and O–H groups in total. The summed E-state index contributed by atoms with van der Waals surface area (Å²) >= 11 is 0. The maximum absolute atomic E-state index is 9.96. The summed E-state index contributed by atoms with van der Waals surface area (Å²) in [6, 6.07) is 4.37. The van der Waals surface area contributed by atoms with Gasteiger partial charge in [0, 0.05) is 0 Å². The zero-order valence-corrected chi connectivity index (χ0v) is 11.7. The van der Waals surface area contributed by atoms with Crippen LogP contribution < -0.4 is 4.74 Å². The van der Waals surface area contributed by atoms with E-state index in [4.69, 9.17) is 4.74 Å². The van der Waals surface area contributed by atoms with Gasteiger partial charge >= 0.3 is 0 Å². The fourth-order valence-electron chi connectivity index (χ4n) is 3.09. The van der Waals surface area contributed by atoms with Crippen molar-refractivity contribution >= 4 is 0 Å². The molecule has 0 radical (unpaired) electrons. The average molecular weight is 248 g/mol. The zero-order valence-electron chi connectivity index (χ0n) is 11.7. The summed E-state index contributed by atoms with van der Waals surface area (Å²) in [6.45, 7) is 4.24. The predicted octanol–water partition coefficient (Wildman–Crippen LogP) is 3.72. The van der Waals surface area contributed by atoms with Gasteiger partial charge in [0.1, 0.15) is 5.75 Å². The van der Waals surface area contributed by atoms with E-state index in [1.54, 1.807) is 7.11 Å². The van der Waals surface area contributed by atoms with Gasteiger partial charge in [0.15, 0.2) is 0 Å². The van der Waals surface area contributed by atoms with Crippen molar-refractivity contribution in [2.45, 2.75) is 58.0 Å². The number of benzene rings is 1. The second kappa shape index (κ2) is 5.75. The first-order valence-corrected chi connectivity index (χ1v) is 6.95. The zero-order chi connectivity index (χ0) is 13.1. The number of methoxy groups -OCH3 is 1. The minimum Gasteiger partial charge on any atom is -0.496 e. The molecule has 0 bridgehead atoms. The van der Waals surface area contributed by atoms with Gasteiger partial charge in [0.05, 0.1) is 13.2 Å². The highest BCUT2D eigenvalue weighted by atomic mass is 16.5. The predicted molar refractivity (Wildman–Crippen MR) is 74.3 cm³/mol. The molecule has 1 aromatic rings. The Balaban J connectivity index is 2.29. The lowest BCUT2D eigenvalue weighted by molar-refractivity contribution is 0.152. The van der Waals surface area contributed by atoms with E-state index in [1.165, 1.54) is 29.5 Å². The molecule has 1 aliphatic rings. The highest BCUT2D eigenvalue weighted by molar-refractivity contribution is 5.43. The summed E-state index contributed by atoms with van der Waals surface area (Å²) < 4.78 is 5.36. The Morgan fingerprint density at radius 1 is 1.11 bits per heavy atom. The van der Waals surface area contributed by atoms with Crippen LogP contribution in [-0.4, -0.2) is 18.3 Å². The highest BCUT2D eigenvalue weighted by Gasteiger charge is 2.21. The summed E-state index contributed by atoms with van der Waals surface area (Å²) in [5.74, 6) is 1.47. The van der Waals surface area contributed by atoms with Crippen LogP contribution in [0.3, 0.4) is 0 Å². The van der Waals surface area contributed by atoms with Gasteiger partial charge in [-0.15, -0.1) is 0 Å². The second-order valence-corrected chi connectivity index (χ2v) is 5.55. The Hall–Kier alpha value is -1.02. The lowest BCUT2D eigenvalue weighted by Crippen LogP contribution is -2.10. The van der Waals surface area contributed by atoms with E-state index in [2.05, 4.69) is 26.0 Å². The second-order valence-electron chi connectivity index (χ2n) is 5.55. The van der Waals surface area contributed by atoms with Crippen LogP contribution in [0.4, 0.5) is 0 Å². The standard InChI is InChI=1S/C16H24O2/c1-11-9-16(18-3)12(2)8-15(11)13-6-4-5-7-14(17)10-13/h8-9,13-14,17H,4-7,10H2,1-3H3. The summed E-state index contributed by atoms with van der Waals surface area (Å²) in [5, 5.41) is 9.96. The van der Waals surface area contributed by atoms with Crippen molar-refractivity contribution in [3.05, 3.63) is 28.8 Å². The van der Waals surface area contributed by atoms with Crippen LogP contribution in [0.2, 0.25) is 0 Å². The Kier molecular flexibility index (Phi) is 4.28. The van der Waals surface area contributed by atoms with Crippen LogP contribution in [0, 0.1) is 13.8 Å². The fourth-order valence-corrected chi connectivity index (χ4v) is 3.09. The van der Waals surface area contributed by atoms with Gasteiger partial charge in [0.2, 0.25) is 0 Å². The Bertz CT molecular complexity index is 412. The molecule has 1 fully saturated rings. The van der Waals surface area contributed by atoms with E-state index in [0.717, 1.165) is 25.0 Å². The summed E-state index contributed by atoms with van der Waals surface area (Å²) in [5.41, 5.74) is 3.88. The lowest BCUT2D eigenvalue weighted by Gasteiger charge is -2.21. The van der Waals surface area contributed by atoms with Crippen LogP contribution in [0.15, 0.2) is 12.1 Å². The number of hydrogen-bond donors (Lipinski definition) is 1. The molecule has 2 unspecified atom stereocenters. The van der Waals surface area contributed by atoms with Crippen LogP contribution in [0.5, 0.6) is 5.75 Å². The summed E-state index contributed by atoms with van der Waals surface area (Å²) in [4.78, 5) is 0. The van der Waals surface area contributed by atoms with Gasteiger partial charge in [-0.25, -0.2) is 0 Å². The van der Waals surface area contributed by atoms with E-state index in [-0.39, 0.29) is 6.10 Å². The lowest BCUT2D eigenvalue weighted by atomic mass is 9.87. The van der Waals surface area contributed by atoms with Gasteiger partial charge in [-0.3, -0.25) is 0 Å². The summed E-state index contributed by atoms with van der Waals surface area (Å²) in [7, 11) is 1.72. The highest BCUT2D eigenvalue weighted by Crippen LogP contribution is 2.35. The molecule has 2 atom stereocenters. The van der Waals surface area contributed by atoms with Crippen LogP contribution >= 0.6 is 0 Å². The van der Waals surface area contributed by atoms with E-state index in [1.807, 2.05) is 0 Å². The normalized spacial score (nSPS) is 24.7. The van der Waals surface area contributed by atoms with Crippen LogP contribution in [-0.2, 0) is 0 Å². The van der Waals surface area contributed by atoms with Gasteiger partial charge in [0.25, 0.3) is 0 Å². The molecule has 0 spiro atoms. The largest absolute Gasteiger partial charge is 0.496 e. The molecule has 18 heavy (non-hydrogen) atoms. The maximum Gasteiger partial charge on any atom is 0.122 e. The van der Waals surface area contributed by atoms with Crippen molar-refractivity contribution in [3.8, 4) is 5.75 Å². The molecule has 2 nitrogen and oxygen atoms in total. The first-order valence-electron chi connectivity index (χ1n) is 6.95. The first kappa shape index (κ1) is 13.4. The van der Waals surface area contributed by atoms with E-state index < -0.39 is 0 Å². The third-order valence-electron chi connectivity index (χ3n) is 4.12. The van der Waals surface area contributed by atoms with Crippen molar-refractivity contribution in [2.24, 2.45) is 0 Å². The topological polar surface area (TPSA) is 29.5 Å². The number of aryl methyl sites for hydroxylation is 2. The Morgan fingerprint density at radius 3 is 2.56 bits per heavy atom. The van der Waals surface area contributed by atoms with E-state index in [9.17, 15) is 5.11 Å². The minimum absolute atomic E-state index is 0.126. The fraction of sp³-hybridized carbons (Fsp3) is 0.625. The molecule has 0 amide bonds. The van der Waals surface area contributed by atoms with Gasteiger partial charge in [-0.05, 0) is 61.8 Å². The molecular weight excluding hydrogens is 224 g/mol. The summed E-state index contributed by atoms with van der Waals surface area (Å²) in [6.07, 6.45) is 5.33. The smallest absolute Gasteiger partial charge is 0.122 e. The Labute approximate surface area is 110 Å². The number of hydrogen-bond acceptors (Lipinski definition) is 2. The molecule has 0 saturated heterocycles. The first-order chi connectivity index (χ1) is 8.61. The number of aliphatic hydroxyl groups excluding tert-OH is 1. The molecule has 2 rings (SSSR count). The molecule has 1 saturated carbocycles. The average Bonchev–Trinajstić information content (AvgIpc) is 2.56.